The first-order valence-corrected chi connectivity index (χ1v) is 9.25. The predicted octanol–water partition coefficient (Wildman–Crippen LogP) is 2.65. The van der Waals surface area contributed by atoms with Crippen LogP contribution in [0.15, 0.2) is 49.0 Å². The van der Waals surface area contributed by atoms with E-state index in [2.05, 4.69) is 31.3 Å². The van der Waals surface area contributed by atoms with E-state index in [9.17, 15) is 9.59 Å². The van der Waals surface area contributed by atoms with Crippen molar-refractivity contribution in [1.29, 1.82) is 0 Å². The van der Waals surface area contributed by atoms with Crippen molar-refractivity contribution in [2.45, 2.75) is 26.7 Å². The van der Waals surface area contributed by atoms with Crippen molar-refractivity contribution in [1.82, 2.24) is 10.9 Å². The molecular formula is C22H27N3O4. The van der Waals surface area contributed by atoms with Crippen LogP contribution in [0.2, 0.25) is 0 Å². The van der Waals surface area contributed by atoms with Crippen LogP contribution in [0.4, 0.5) is 0 Å². The van der Waals surface area contributed by atoms with E-state index in [1.165, 1.54) is 0 Å². The fraction of sp³-hybridized carbons (Fsp3) is 0.273. The summed E-state index contributed by atoms with van der Waals surface area (Å²) in [5, 5.41) is 0. The minimum atomic E-state index is -0.545. The van der Waals surface area contributed by atoms with Gasteiger partial charge in [0.25, 0.3) is 11.8 Å². The zero-order valence-corrected chi connectivity index (χ0v) is 17.0. The molecule has 0 aliphatic heterocycles. The van der Waals surface area contributed by atoms with Gasteiger partial charge in [-0.1, -0.05) is 32.6 Å². The monoisotopic (exact) mass is 397 g/mol. The number of nitrogens with one attached hydrogen (secondary N) is 2. The number of primary amides is 1. The Bertz CT molecular complexity index is 876. The summed E-state index contributed by atoms with van der Waals surface area (Å²) in [7, 11) is 0. The Labute approximate surface area is 170 Å². The van der Waals surface area contributed by atoms with E-state index in [1.54, 1.807) is 24.3 Å². The summed E-state index contributed by atoms with van der Waals surface area (Å²) >= 11 is 0. The Morgan fingerprint density at radius 3 is 2.34 bits per heavy atom. The number of benzene rings is 2. The zero-order chi connectivity index (χ0) is 21.4. The number of amides is 2. The molecule has 0 bridgehead atoms. The van der Waals surface area contributed by atoms with E-state index in [1.807, 2.05) is 25.1 Å². The minimum absolute atomic E-state index is 0.122. The summed E-state index contributed by atoms with van der Waals surface area (Å²) in [6.45, 7) is 9.71. The quantitative estimate of drug-likeness (QED) is 0.535. The van der Waals surface area contributed by atoms with Gasteiger partial charge in [-0.15, -0.1) is 0 Å². The van der Waals surface area contributed by atoms with Gasteiger partial charge in [0.05, 0.1) is 5.70 Å². The van der Waals surface area contributed by atoms with Gasteiger partial charge in [0.15, 0.2) is 13.2 Å². The summed E-state index contributed by atoms with van der Waals surface area (Å²) in [4.78, 5) is 22.8. The van der Waals surface area contributed by atoms with Crippen molar-refractivity contribution in [3.63, 3.8) is 0 Å². The number of nitrogens with two attached hydrogens (primary N) is 1. The molecule has 0 fully saturated rings. The topological polar surface area (TPSA) is 103 Å². The molecule has 2 aromatic carbocycles. The lowest BCUT2D eigenvalue weighted by atomic mass is 10.0. The van der Waals surface area contributed by atoms with Gasteiger partial charge < -0.3 is 15.2 Å². The van der Waals surface area contributed by atoms with Gasteiger partial charge in [-0.25, -0.2) is 0 Å². The predicted molar refractivity (Wildman–Crippen MR) is 112 cm³/mol. The fourth-order valence-electron chi connectivity index (χ4n) is 2.55. The number of hydrogen-bond donors (Lipinski definition) is 3. The second-order valence-electron chi connectivity index (χ2n) is 6.92. The molecule has 7 heteroatoms. The lowest BCUT2D eigenvalue weighted by Crippen LogP contribution is -2.39. The number of rotatable bonds is 10. The Balaban J connectivity index is 1.84. The summed E-state index contributed by atoms with van der Waals surface area (Å²) in [6, 6.07) is 12.8. The Hall–Kier alpha value is -3.48. The Morgan fingerprint density at radius 1 is 1.03 bits per heavy atom. The van der Waals surface area contributed by atoms with Crippen LogP contribution in [0.5, 0.6) is 11.5 Å². The van der Waals surface area contributed by atoms with Crippen molar-refractivity contribution in [3.8, 4) is 11.5 Å². The first kappa shape index (κ1) is 21.8. The van der Waals surface area contributed by atoms with E-state index < -0.39 is 5.91 Å². The van der Waals surface area contributed by atoms with Crippen LogP contribution in [-0.2, 0) is 9.59 Å². The molecule has 0 unspecified atom stereocenters. The third-order valence-corrected chi connectivity index (χ3v) is 4.09. The lowest BCUT2D eigenvalue weighted by Gasteiger charge is -2.16. The maximum Gasteiger partial charge on any atom is 0.276 e. The molecule has 0 aliphatic carbocycles. The largest absolute Gasteiger partial charge is 0.484 e. The van der Waals surface area contributed by atoms with E-state index in [0.717, 1.165) is 16.7 Å². The van der Waals surface area contributed by atoms with Gasteiger partial charge >= 0.3 is 0 Å². The van der Waals surface area contributed by atoms with Crippen LogP contribution in [0.1, 0.15) is 36.5 Å². The van der Waals surface area contributed by atoms with Gasteiger partial charge in [0.2, 0.25) is 0 Å². The Morgan fingerprint density at radius 2 is 1.72 bits per heavy atom. The molecule has 2 rings (SSSR count). The first-order chi connectivity index (χ1) is 13.8. The van der Waals surface area contributed by atoms with E-state index in [-0.39, 0.29) is 19.1 Å². The van der Waals surface area contributed by atoms with Gasteiger partial charge in [-0.2, -0.15) is 0 Å². The highest BCUT2D eigenvalue weighted by molar-refractivity contribution is 5.78. The SMILES string of the molecule is C=C(NNC(=O)COc1cc(C)ccc1C(C)C)c1ccc(OCC(N)=O)cc1. The highest BCUT2D eigenvalue weighted by Crippen LogP contribution is 2.27. The Kier molecular flexibility index (Phi) is 7.65. The van der Waals surface area contributed by atoms with E-state index >= 15 is 0 Å². The normalized spacial score (nSPS) is 10.3. The van der Waals surface area contributed by atoms with Crippen LogP contribution >= 0.6 is 0 Å². The van der Waals surface area contributed by atoms with Gasteiger partial charge in [0.1, 0.15) is 11.5 Å². The molecule has 0 spiro atoms. The summed E-state index contributed by atoms with van der Waals surface area (Å²) < 4.78 is 10.9. The smallest absolute Gasteiger partial charge is 0.276 e. The number of carbonyl (C=O) groups excluding carboxylic acids is 2. The molecule has 0 saturated carbocycles. The van der Waals surface area contributed by atoms with Crippen molar-refractivity contribution in [2.24, 2.45) is 5.73 Å². The number of carbonyl (C=O) groups is 2. The fourth-order valence-corrected chi connectivity index (χ4v) is 2.55. The van der Waals surface area contributed by atoms with Crippen LogP contribution < -0.4 is 26.1 Å². The molecule has 0 saturated heterocycles. The molecule has 0 radical (unpaired) electrons. The van der Waals surface area contributed by atoms with Crippen LogP contribution in [-0.4, -0.2) is 25.0 Å². The van der Waals surface area contributed by atoms with Crippen LogP contribution in [0, 0.1) is 6.92 Å². The molecule has 0 atom stereocenters. The maximum absolute atomic E-state index is 12.1. The molecule has 0 aliphatic rings. The molecule has 154 valence electrons. The highest BCUT2D eigenvalue weighted by atomic mass is 16.5. The van der Waals surface area contributed by atoms with Gasteiger partial charge in [-0.3, -0.25) is 20.4 Å². The van der Waals surface area contributed by atoms with Crippen LogP contribution in [0.25, 0.3) is 5.70 Å². The molecule has 4 N–H and O–H groups in total. The molecule has 0 heterocycles. The number of hydrazine groups is 1. The third-order valence-electron chi connectivity index (χ3n) is 4.09. The summed E-state index contributed by atoms with van der Waals surface area (Å²) in [5.41, 5.74) is 13.7. The van der Waals surface area contributed by atoms with Gasteiger partial charge in [0, 0.05) is 0 Å². The molecule has 7 nitrogen and oxygen atoms in total. The summed E-state index contributed by atoms with van der Waals surface area (Å²) in [6.07, 6.45) is 0. The maximum atomic E-state index is 12.1. The van der Waals surface area contributed by atoms with Crippen molar-refractivity contribution in [3.05, 3.63) is 65.7 Å². The number of ether oxygens (including phenoxy) is 2. The molecular weight excluding hydrogens is 370 g/mol. The molecule has 2 amide bonds. The second-order valence-corrected chi connectivity index (χ2v) is 6.92. The molecule has 0 aromatic heterocycles. The van der Waals surface area contributed by atoms with Crippen molar-refractivity contribution < 1.29 is 19.1 Å². The third kappa shape index (κ3) is 6.88. The number of aryl methyl sites for hydroxylation is 1. The lowest BCUT2D eigenvalue weighted by molar-refractivity contribution is -0.123. The first-order valence-electron chi connectivity index (χ1n) is 9.25. The standard InChI is InChI=1S/C22H27N3O4/c1-14(2)19-10-5-15(3)11-20(19)29-13-22(27)25-24-16(4)17-6-8-18(9-7-17)28-12-21(23)26/h5-11,14,24H,4,12-13H2,1-3H3,(H2,23,26)(H,25,27). The number of hydrogen-bond acceptors (Lipinski definition) is 5. The van der Waals surface area contributed by atoms with Crippen LogP contribution in [0.3, 0.4) is 0 Å². The molecule has 29 heavy (non-hydrogen) atoms. The van der Waals surface area contributed by atoms with Crippen molar-refractivity contribution in [2.75, 3.05) is 13.2 Å². The summed E-state index contributed by atoms with van der Waals surface area (Å²) in [5.74, 6) is 0.638. The van der Waals surface area contributed by atoms with E-state index in [4.69, 9.17) is 15.2 Å². The molecule has 2 aromatic rings. The van der Waals surface area contributed by atoms with Crippen molar-refractivity contribution >= 4 is 17.5 Å². The average Bonchev–Trinajstić information content (AvgIpc) is 2.69. The second kappa shape index (κ2) is 10.2. The zero-order valence-electron chi connectivity index (χ0n) is 17.0. The minimum Gasteiger partial charge on any atom is -0.484 e. The van der Waals surface area contributed by atoms with E-state index in [0.29, 0.717) is 23.1 Å². The van der Waals surface area contributed by atoms with Gasteiger partial charge in [-0.05, 0) is 59.9 Å². The average molecular weight is 397 g/mol. The highest BCUT2D eigenvalue weighted by Gasteiger charge is 2.10.